The third kappa shape index (κ3) is 3.60. The van der Waals surface area contributed by atoms with Crippen molar-refractivity contribution in [3.63, 3.8) is 0 Å². The van der Waals surface area contributed by atoms with Gasteiger partial charge in [-0.3, -0.25) is 4.79 Å². The van der Waals surface area contributed by atoms with E-state index in [-0.39, 0.29) is 11.7 Å². The molecule has 0 unspecified atom stereocenters. The fourth-order valence-corrected chi connectivity index (χ4v) is 1.73. The van der Waals surface area contributed by atoms with Crippen molar-refractivity contribution in [2.45, 2.75) is 12.8 Å². The normalized spacial score (nSPS) is 15.2. The lowest BCUT2D eigenvalue weighted by Crippen LogP contribution is -2.22. The molecule has 4 heteroatoms. The Bertz CT molecular complexity index is 440. The van der Waals surface area contributed by atoms with Gasteiger partial charge in [0.2, 0.25) is 0 Å². The van der Waals surface area contributed by atoms with E-state index in [1.807, 2.05) is 6.08 Å². The van der Waals surface area contributed by atoms with Crippen LogP contribution in [0, 0.1) is 0 Å². The predicted octanol–water partition coefficient (Wildman–Crippen LogP) is 1.61. The van der Waals surface area contributed by atoms with Crippen LogP contribution in [0.3, 0.4) is 0 Å². The predicted molar refractivity (Wildman–Crippen MR) is 63.9 cm³/mol. The molecule has 0 saturated heterocycles. The lowest BCUT2D eigenvalue weighted by Gasteiger charge is -2.13. The molecule has 0 aromatic heterocycles. The van der Waals surface area contributed by atoms with Gasteiger partial charge in [0.25, 0.3) is 0 Å². The van der Waals surface area contributed by atoms with Crippen LogP contribution in [0.2, 0.25) is 0 Å². The Labute approximate surface area is 99.9 Å². The van der Waals surface area contributed by atoms with Gasteiger partial charge in [-0.1, -0.05) is 17.7 Å². The minimum Gasteiger partial charge on any atom is -0.508 e. The number of rotatable bonds is 3. The fourth-order valence-electron chi connectivity index (χ4n) is 1.73. The highest BCUT2D eigenvalue weighted by Gasteiger charge is 2.10. The summed E-state index contributed by atoms with van der Waals surface area (Å²) in [4.78, 5) is 11.6. The van der Waals surface area contributed by atoms with Crippen molar-refractivity contribution in [2.75, 3.05) is 13.1 Å². The summed E-state index contributed by atoms with van der Waals surface area (Å²) in [5, 5.41) is 12.4. The molecule has 0 saturated carbocycles. The number of aromatic hydroxyl groups is 1. The lowest BCUT2D eigenvalue weighted by molar-refractivity contribution is -0.133. The summed E-state index contributed by atoms with van der Waals surface area (Å²) >= 11 is 0. The van der Waals surface area contributed by atoms with Crippen LogP contribution in [0.4, 0.5) is 0 Å². The number of phenols is 1. The molecule has 1 aliphatic heterocycles. The molecule has 1 aromatic rings. The molecule has 0 aliphatic carbocycles. The van der Waals surface area contributed by atoms with Crippen LogP contribution in [0.25, 0.3) is 0 Å². The molecule has 0 fully saturated rings. The van der Waals surface area contributed by atoms with E-state index in [0.717, 1.165) is 25.1 Å². The second-order valence-electron chi connectivity index (χ2n) is 3.96. The number of carbonyl (C=O) groups is 1. The highest BCUT2D eigenvalue weighted by atomic mass is 16.5. The zero-order chi connectivity index (χ0) is 12.1. The second-order valence-corrected chi connectivity index (χ2v) is 3.96. The highest BCUT2D eigenvalue weighted by Crippen LogP contribution is 2.19. The molecule has 90 valence electrons. The van der Waals surface area contributed by atoms with Crippen LogP contribution < -0.4 is 10.1 Å². The average Bonchev–Trinajstić information content (AvgIpc) is 2.30. The van der Waals surface area contributed by atoms with Crippen molar-refractivity contribution < 1.29 is 14.6 Å². The number of nitrogens with one attached hydrogen (secondary N) is 1. The molecule has 1 aromatic carbocycles. The summed E-state index contributed by atoms with van der Waals surface area (Å²) in [5.41, 5.74) is 1.11. The van der Waals surface area contributed by atoms with E-state index in [0.29, 0.717) is 12.2 Å². The van der Waals surface area contributed by atoms with E-state index in [1.54, 1.807) is 12.1 Å². The third-order valence-electron chi connectivity index (χ3n) is 2.58. The molecule has 0 bridgehead atoms. The molecule has 2 rings (SSSR count). The molecule has 1 aliphatic rings. The van der Waals surface area contributed by atoms with Crippen LogP contribution >= 0.6 is 0 Å². The van der Waals surface area contributed by atoms with Crippen molar-refractivity contribution >= 4 is 5.97 Å². The van der Waals surface area contributed by atoms with Gasteiger partial charge in [-0.05, 0) is 25.1 Å². The van der Waals surface area contributed by atoms with Gasteiger partial charge >= 0.3 is 5.97 Å². The van der Waals surface area contributed by atoms with Crippen LogP contribution in [-0.4, -0.2) is 24.2 Å². The van der Waals surface area contributed by atoms with Gasteiger partial charge in [-0.2, -0.15) is 0 Å². The SMILES string of the molecule is O=C(CC1=CCNCC1)Oc1cccc(O)c1. The number of esters is 1. The van der Waals surface area contributed by atoms with Gasteiger partial charge in [0, 0.05) is 12.6 Å². The topological polar surface area (TPSA) is 58.6 Å². The van der Waals surface area contributed by atoms with Crippen LogP contribution in [0.5, 0.6) is 11.5 Å². The Morgan fingerprint density at radius 1 is 1.47 bits per heavy atom. The summed E-state index contributed by atoms with van der Waals surface area (Å²) in [7, 11) is 0. The average molecular weight is 233 g/mol. The number of ether oxygens (including phenoxy) is 1. The van der Waals surface area contributed by atoms with E-state index < -0.39 is 0 Å². The van der Waals surface area contributed by atoms with Gasteiger partial charge in [0.05, 0.1) is 6.42 Å². The standard InChI is InChI=1S/C13H15NO3/c15-11-2-1-3-12(9-11)17-13(16)8-10-4-6-14-7-5-10/h1-4,9,14-15H,5-8H2. The molecule has 0 radical (unpaired) electrons. The minimum atomic E-state index is -0.288. The first kappa shape index (κ1) is 11.7. The first-order chi connectivity index (χ1) is 8.24. The zero-order valence-electron chi connectivity index (χ0n) is 9.48. The number of hydrogen-bond donors (Lipinski definition) is 2. The van der Waals surface area contributed by atoms with Crippen molar-refractivity contribution in [1.82, 2.24) is 5.32 Å². The second kappa shape index (κ2) is 5.50. The summed E-state index contributed by atoms with van der Waals surface area (Å²) in [6, 6.07) is 6.25. The molecular weight excluding hydrogens is 218 g/mol. The Kier molecular flexibility index (Phi) is 3.77. The van der Waals surface area contributed by atoms with Crippen LogP contribution in [0.1, 0.15) is 12.8 Å². The van der Waals surface area contributed by atoms with E-state index in [4.69, 9.17) is 4.74 Å². The minimum absolute atomic E-state index is 0.0939. The first-order valence-corrected chi connectivity index (χ1v) is 5.62. The molecule has 17 heavy (non-hydrogen) atoms. The molecule has 0 amide bonds. The van der Waals surface area contributed by atoms with Gasteiger partial charge < -0.3 is 15.2 Å². The lowest BCUT2D eigenvalue weighted by atomic mass is 10.1. The van der Waals surface area contributed by atoms with Crippen molar-refractivity contribution in [3.05, 3.63) is 35.9 Å². The molecule has 4 nitrogen and oxygen atoms in total. The molecule has 1 heterocycles. The highest BCUT2D eigenvalue weighted by molar-refractivity contribution is 5.75. The van der Waals surface area contributed by atoms with E-state index in [2.05, 4.69) is 5.32 Å². The van der Waals surface area contributed by atoms with Crippen LogP contribution in [-0.2, 0) is 4.79 Å². The Balaban J connectivity index is 1.91. The van der Waals surface area contributed by atoms with E-state index in [1.165, 1.54) is 12.1 Å². The van der Waals surface area contributed by atoms with E-state index >= 15 is 0 Å². The number of phenolic OH excluding ortho intramolecular Hbond substituents is 1. The Morgan fingerprint density at radius 2 is 2.35 bits per heavy atom. The summed E-state index contributed by atoms with van der Waals surface area (Å²) in [6.07, 6.45) is 3.22. The summed E-state index contributed by atoms with van der Waals surface area (Å²) in [5.74, 6) is 0.185. The maximum Gasteiger partial charge on any atom is 0.315 e. The fraction of sp³-hybridized carbons (Fsp3) is 0.308. The largest absolute Gasteiger partial charge is 0.508 e. The number of benzene rings is 1. The third-order valence-corrected chi connectivity index (χ3v) is 2.58. The molecular formula is C13H15NO3. The Hall–Kier alpha value is -1.81. The van der Waals surface area contributed by atoms with Crippen LogP contribution in [0.15, 0.2) is 35.9 Å². The van der Waals surface area contributed by atoms with Gasteiger partial charge in [0.1, 0.15) is 11.5 Å². The quantitative estimate of drug-likeness (QED) is 0.473. The van der Waals surface area contributed by atoms with E-state index in [9.17, 15) is 9.90 Å². The smallest absolute Gasteiger partial charge is 0.315 e. The molecule has 2 N–H and O–H groups in total. The van der Waals surface area contributed by atoms with Crippen molar-refractivity contribution in [3.8, 4) is 11.5 Å². The number of carbonyl (C=O) groups excluding carboxylic acids is 1. The van der Waals surface area contributed by atoms with Gasteiger partial charge in [-0.25, -0.2) is 0 Å². The van der Waals surface area contributed by atoms with Crippen molar-refractivity contribution in [1.29, 1.82) is 0 Å². The maximum absolute atomic E-state index is 11.6. The number of hydrogen-bond acceptors (Lipinski definition) is 4. The van der Waals surface area contributed by atoms with Crippen molar-refractivity contribution in [2.24, 2.45) is 0 Å². The first-order valence-electron chi connectivity index (χ1n) is 5.62. The van der Waals surface area contributed by atoms with Gasteiger partial charge in [0.15, 0.2) is 0 Å². The van der Waals surface area contributed by atoms with Gasteiger partial charge in [-0.15, -0.1) is 0 Å². The zero-order valence-corrected chi connectivity index (χ0v) is 9.48. The maximum atomic E-state index is 11.6. The summed E-state index contributed by atoms with van der Waals surface area (Å²) in [6.45, 7) is 1.72. The summed E-state index contributed by atoms with van der Waals surface area (Å²) < 4.78 is 5.14. The molecule has 0 spiro atoms. The Morgan fingerprint density at radius 3 is 3.06 bits per heavy atom. The monoisotopic (exact) mass is 233 g/mol. The molecule has 0 atom stereocenters.